The number of hydrogen-bond donors (Lipinski definition) is 0. The molecule has 0 spiro atoms. The van der Waals surface area contributed by atoms with Gasteiger partial charge in [0.25, 0.3) is 0 Å². The molecule has 0 aromatic rings. The maximum atomic E-state index is 10.5. The van der Waals surface area contributed by atoms with Gasteiger partial charge < -0.3 is 0 Å². The number of hydrogen-bond acceptors (Lipinski definition) is 3. The molecule has 0 heterocycles. The van der Waals surface area contributed by atoms with Crippen LogP contribution in [-0.2, 0) is 4.79 Å². The molecule has 0 saturated heterocycles. The normalized spacial score (nSPS) is 26.2. The van der Waals surface area contributed by atoms with Crippen molar-refractivity contribution in [1.82, 2.24) is 0 Å². The second kappa shape index (κ2) is 2.53. The van der Waals surface area contributed by atoms with Gasteiger partial charge in [0.1, 0.15) is 6.04 Å². The molecule has 1 rings (SSSR count). The van der Waals surface area contributed by atoms with E-state index in [-0.39, 0.29) is 11.8 Å². The summed E-state index contributed by atoms with van der Waals surface area (Å²) in [6.45, 7) is 0. The minimum atomic E-state index is -0.303. The lowest BCUT2D eigenvalue weighted by Gasteiger charge is -2.06. The van der Waals surface area contributed by atoms with E-state index in [9.17, 15) is 9.70 Å². The van der Waals surface area contributed by atoms with Crippen LogP contribution in [-0.4, -0.2) is 11.8 Å². The number of carbonyl (C=O) groups excluding carboxylic acids is 1. The van der Waals surface area contributed by atoms with Gasteiger partial charge in [0.15, 0.2) is 5.78 Å². The Kier molecular flexibility index (Phi) is 1.72. The molecule has 0 bridgehead atoms. The second-order valence-electron chi connectivity index (χ2n) is 2.07. The van der Waals surface area contributed by atoms with E-state index in [2.05, 4.69) is 5.18 Å². The van der Waals surface area contributed by atoms with Gasteiger partial charge in [0.2, 0.25) is 0 Å². The molecule has 0 saturated carbocycles. The van der Waals surface area contributed by atoms with E-state index in [0.29, 0.717) is 12.8 Å². The molecule has 0 fully saturated rings. The van der Waals surface area contributed by atoms with E-state index in [1.807, 2.05) is 0 Å². The molecule has 1 aliphatic rings. The van der Waals surface area contributed by atoms with Crippen LogP contribution in [0.1, 0.15) is 12.8 Å². The van der Waals surface area contributed by atoms with Crippen molar-refractivity contribution in [3.05, 3.63) is 17.1 Å². The van der Waals surface area contributed by atoms with Crippen molar-refractivity contribution in [1.29, 1.82) is 0 Å². The van der Waals surface area contributed by atoms with Crippen molar-refractivity contribution in [3.8, 4) is 0 Å². The first kappa shape index (κ1) is 6.13. The molecule has 0 aromatic heterocycles. The van der Waals surface area contributed by atoms with E-state index >= 15 is 0 Å². The molecule has 9 heavy (non-hydrogen) atoms. The molecule has 0 radical (unpaired) electrons. The van der Waals surface area contributed by atoms with Crippen LogP contribution in [0.25, 0.3) is 0 Å². The summed E-state index contributed by atoms with van der Waals surface area (Å²) in [6.07, 6.45) is 4.11. The monoisotopic (exact) mass is 125 g/mol. The molecule has 0 unspecified atom stereocenters. The van der Waals surface area contributed by atoms with Crippen LogP contribution in [0.15, 0.2) is 17.3 Å². The lowest BCUT2D eigenvalue weighted by atomic mass is 10.0. The summed E-state index contributed by atoms with van der Waals surface area (Å²) in [5.74, 6) is 0.00542. The number of allylic oxidation sites excluding steroid dienone is 1. The van der Waals surface area contributed by atoms with E-state index in [1.54, 1.807) is 6.08 Å². The molecule has 1 aliphatic carbocycles. The molecule has 0 amide bonds. The number of carbonyl (C=O) groups is 1. The highest BCUT2D eigenvalue weighted by molar-refractivity contribution is 5.90. The summed E-state index contributed by atoms with van der Waals surface area (Å²) in [5.41, 5.74) is 0. The second-order valence-corrected chi connectivity index (χ2v) is 2.07. The number of rotatable bonds is 1. The Bertz CT molecular complexity index is 162. The van der Waals surface area contributed by atoms with Crippen LogP contribution >= 0.6 is 0 Å². The highest BCUT2D eigenvalue weighted by Gasteiger charge is 2.14. The third-order valence-electron chi connectivity index (χ3n) is 1.30. The zero-order valence-corrected chi connectivity index (χ0v) is 4.91. The topological polar surface area (TPSA) is 46.5 Å². The van der Waals surface area contributed by atoms with Gasteiger partial charge in [0, 0.05) is 6.42 Å². The molecule has 48 valence electrons. The molecule has 0 aromatic carbocycles. The molecule has 0 aliphatic heterocycles. The number of ketones is 1. The molecular formula is C6H7NO2. The average Bonchev–Trinajstić information content (AvgIpc) is 1.88. The smallest absolute Gasteiger partial charge is 0.157 e. The van der Waals surface area contributed by atoms with Crippen LogP contribution in [0, 0.1) is 4.91 Å². The van der Waals surface area contributed by atoms with Gasteiger partial charge >= 0.3 is 0 Å². The van der Waals surface area contributed by atoms with Crippen molar-refractivity contribution in [2.24, 2.45) is 5.18 Å². The van der Waals surface area contributed by atoms with Crippen LogP contribution in [0.2, 0.25) is 0 Å². The first-order valence-corrected chi connectivity index (χ1v) is 2.85. The van der Waals surface area contributed by atoms with Gasteiger partial charge in [-0.05, 0) is 12.5 Å². The van der Waals surface area contributed by atoms with Crippen molar-refractivity contribution >= 4 is 5.78 Å². The summed E-state index contributed by atoms with van der Waals surface area (Å²) in [7, 11) is 0. The van der Waals surface area contributed by atoms with Gasteiger partial charge in [-0.3, -0.25) is 4.79 Å². The van der Waals surface area contributed by atoms with Crippen LogP contribution in [0.3, 0.4) is 0 Å². The van der Waals surface area contributed by atoms with Crippen LogP contribution in [0.5, 0.6) is 0 Å². The quantitative estimate of drug-likeness (QED) is 0.491. The SMILES string of the molecule is O=N[C@H]1CC=CC(=O)C1. The molecular weight excluding hydrogens is 118 g/mol. The average molecular weight is 125 g/mol. The van der Waals surface area contributed by atoms with Gasteiger partial charge in [0.05, 0.1) is 0 Å². The summed E-state index contributed by atoms with van der Waals surface area (Å²) in [5, 5.41) is 2.78. The Hall–Kier alpha value is -0.990. The van der Waals surface area contributed by atoms with Gasteiger partial charge in [-0.1, -0.05) is 11.3 Å². The Morgan fingerprint density at radius 2 is 2.44 bits per heavy atom. The fraction of sp³-hybridized carbons (Fsp3) is 0.500. The summed E-state index contributed by atoms with van der Waals surface area (Å²) in [6, 6.07) is -0.303. The number of nitrogens with zero attached hydrogens (tertiary/aromatic N) is 1. The van der Waals surface area contributed by atoms with Crippen molar-refractivity contribution in [3.63, 3.8) is 0 Å². The third-order valence-corrected chi connectivity index (χ3v) is 1.30. The first-order chi connectivity index (χ1) is 4.33. The lowest BCUT2D eigenvalue weighted by molar-refractivity contribution is -0.115. The first-order valence-electron chi connectivity index (χ1n) is 2.85. The van der Waals surface area contributed by atoms with Crippen molar-refractivity contribution in [2.45, 2.75) is 18.9 Å². The molecule has 3 nitrogen and oxygen atoms in total. The van der Waals surface area contributed by atoms with Gasteiger partial charge in [-0.15, -0.1) is 0 Å². The zero-order chi connectivity index (χ0) is 6.69. The summed E-state index contributed by atoms with van der Waals surface area (Å²) >= 11 is 0. The van der Waals surface area contributed by atoms with Crippen molar-refractivity contribution in [2.75, 3.05) is 0 Å². The predicted octanol–water partition coefficient (Wildman–Crippen LogP) is 1.04. The third kappa shape index (κ3) is 1.45. The van der Waals surface area contributed by atoms with Gasteiger partial charge in [-0.2, -0.15) is 4.91 Å². The van der Waals surface area contributed by atoms with E-state index in [4.69, 9.17) is 0 Å². The Morgan fingerprint density at radius 1 is 1.67 bits per heavy atom. The standard InChI is InChI=1S/C6H7NO2/c8-6-3-1-2-5(4-6)7-9/h1,3,5H,2,4H2/t5-/m0/s1. The maximum absolute atomic E-state index is 10.5. The lowest BCUT2D eigenvalue weighted by Crippen LogP contribution is -2.12. The fourth-order valence-corrected chi connectivity index (χ4v) is 0.820. The summed E-state index contributed by atoms with van der Waals surface area (Å²) < 4.78 is 0. The fourth-order valence-electron chi connectivity index (χ4n) is 0.820. The van der Waals surface area contributed by atoms with Crippen LogP contribution in [0.4, 0.5) is 0 Å². The Labute approximate surface area is 52.7 Å². The van der Waals surface area contributed by atoms with Crippen molar-refractivity contribution < 1.29 is 4.79 Å². The van der Waals surface area contributed by atoms with Gasteiger partial charge in [-0.25, -0.2) is 0 Å². The Balaban J connectivity index is 2.56. The largest absolute Gasteiger partial charge is 0.295 e. The van der Waals surface area contributed by atoms with Crippen LogP contribution < -0.4 is 0 Å². The van der Waals surface area contributed by atoms with E-state index < -0.39 is 0 Å². The Morgan fingerprint density at radius 3 is 2.89 bits per heavy atom. The molecule has 1 atom stereocenters. The minimum Gasteiger partial charge on any atom is -0.295 e. The minimum absolute atomic E-state index is 0.00542. The maximum Gasteiger partial charge on any atom is 0.157 e. The molecule has 3 heteroatoms. The zero-order valence-electron chi connectivity index (χ0n) is 4.91. The predicted molar refractivity (Wildman–Crippen MR) is 33.0 cm³/mol. The highest BCUT2D eigenvalue weighted by atomic mass is 16.3. The summed E-state index contributed by atoms with van der Waals surface area (Å²) in [4.78, 5) is 20.4. The van der Waals surface area contributed by atoms with E-state index in [0.717, 1.165) is 0 Å². The number of nitroso groups, excluding NO2 is 1. The van der Waals surface area contributed by atoms with E-state index in [1.165, 1.54) is 6.08 Å². The highest BCUT2D eigenvalue weighted by Crippen LogP contribution is 2.10. The molecule has 0 N–H and O–H groups in total.